The Morgan fingerprint density at radius 2 is 1.91 bits per heavy atom. The predicted octanol–water partition coefficient (Wildman–Crippen LogP) is 2.14. The SMILES string of the molecule is CN(C(=O)[C@H](CC1CC1)NC(=O)C1COC1)[C@@H](Cc1ccc(F)cc1)C(=O)N1C[C@]2(C[C@H]1C#N)C(=O)Nc1ccccc12. The summed E-state index contributed by atoms with van der Waals surface area (Å²) in [5.74, 6) is -1.84. The van der Waals surface area contributed by atoms with Crippen LogP contribution >= 0.6 is 0 Å². The van der Waals surface area contributed by atoms with E-state index in [1.807, 2.05) is 18.2 Å². The summed E-state index contributed by atoms with van der Waals surface area (Å²) in [5, 5.41) is 15.9. The molecule has 1 spiro atoms. The molecule has 2 N–H and O–H groups in total. The van der Waals surface area contributed by atoms with Crippen molar-refractivity contribution in [1.82, 2.24) is 15.1 Å². The second-order valence-electron chi connectivity index (χ2n) is 12.2. The molecular formula is C32H34FN5O5. The number of carbonyl (C=O) groups excluding carboxylic acids is 4. The average Bonchev–Trinajstić information content (AvgIpc) is 3.64. The number of para-hydroxylation sites is 1. The molecule has 1 saturated carbocycles. The van der Waals surface area contributed by atoms with Gasteiger partial charge in [0, 0.05) is 32.1 Å². The van der Waals surface area contributed by atoms with E-state index in [0.29, 0.717) is 36.8 Å². The van der Waals surface area contributed by atoms with Crippen LogP contribution in [0.1, 0.15) is 36.8 Å². The van der Waals surface area contributed by atoms with Gasteiger partial charge >= 0.3 is 0 Å². The van der Waals surface area contributed by atoms with E-state index >= 15 is 0 Å². The fourth-order valence-corrected chi connectivity index (χ4v) is 6.40. The largest absolute Gasteiger partial charge is 0.380 e. The summed E-state index contributed by atoms with van der Waals surface area (Å²) in [7, 11) is 1.53. The fraction of sp³-hybridized carbons (Fsp3) is 0.469. The van der Waals surface area contributed by atoms with Crippen molar-refractivity contribution >= 4 is 29.3 Å². The van der Waals surface area contributed by atoms with Crippen LogP contribution in [0.3, 0.4) is 0 Å². The van der Waals surface area contributed by atoms with Gasteiger partial charge in [-0.15, -0.1) is 0 Å². The summed E-state index contributed by atoms with van der Waals surface area (Å²) in [6.07, 6.45) is 2.59. The van der Waals surface area contributed by atoms with Crippen molar-refractivity contribution in [3.8, 4) is 6.07 Å². The number of hydrogen-bond donors (Lipinski definition) is 2. The Morgan fingerprint density at radius 3 is 2.56 bits per heavy atom. The molecule has 2 aromatic rings. The first-order chi connectivity index (χ1) is 20.7. The molecule has 3 heterocycles. The molecule has 6 rings (SSSR count). The van der Waals surface area contributed by atoms with Gasteiger partial charge in [0.2, 0.25) is 23.6 Å². The highest BCUT2D eigenvalue weighted by Crippen LogP contribution is 2.46. The van der Waals surface area contributed by atoms with Crippen LogP contribution in [0.2, 0.25) is 0 Å². The topological polar surface area (TPSA) is 132 Å². The summed E-state index contributed by atoms with van der Waals surface area (Å²) in [6.45, 7) is 0.597. The maximum Gasteiger partial charge on any atom is 0.246 e. The Labute approximate surface area is 249 Å². The van der Waals surface area contributed by atoms with Gasteiger partial charge in [0.25, 0.3) is 0 Å². The van der Waals surface area contributed by atoms with Crippen molar-refractivity contribution in [1.29, 1.82) is 5.26 Å². The van der Waals surface area contributed by atoms with Gasteiger partial charge in [-0.05, 0) is 41.7 Å². The zero-order valence-electron chi connectivity index (χ0n) is 23.9. The zero-order chi connectivity index (χ0) is 30.3. The summed E-state index contributed by atoms with van der Waals surface area (Å²) in [4.78, 5) is 57.3. The summed E-state index contributed by atoms with van der Waals surface area (Å²) >= 11 is 0. The number of amides is 4. The van der Waals surface area contributed by atoms with Gasteiger partial charge in [-0.2, -0.15) is 5.26 Å². The number of carbonyl (C=O) groups is 4. The van der Waals surface area contributed by atoms with Gasteiger partial charge in [-0.3, -0.25) is 19.2 Å². The molecule has 3 fully saturated rings. The van der Waals surface area contributed by atoms with Crippen molar-refractivity contribution < 1.29 is 28.3 Å². The third-order valence-electron chi connectivity index (χ3n) is 9.25. The Kier molecular flexibility index (Phi) is 7.65. The van der Waals surface area contributed by atoms with Crippen molar-refractivity contribution in [3.05, 3.63) is 65.5 Å². The summed E-state index contributed by atoms with van der Waals surface area (Å²) < 4.78 is 18.9. The number of likely N-dealkylation sites (tertiary alicyclic amines) is 1. The molecule has 4 atom stereocenters. The van der Waals surface area contributed by atoms with Crippen LogP contribution in [0.15, 0.2) is 48.5 Å². The molecular weight excluding hydrogens is 553 g/mol. The van der Waals surface area contributed by atoms with Gasteiger partial charge in [-0.25, -0.2) is 4.39 Å². The second kappa shape index (κ2) is 11.4. The molecule has 10 nitrogen and oxygen atoms in total. The van der Waals surface area contributed by atoms with Crippen LogP contribution in [-0.2, 0) is 35.8 Å². The van der Waals surface area contributed by atoms with Crippen molar-refractivity contribution in [2.45, 2.75) is 55.6 Å². The molecule has 4 aliphatic rings. The number of hydrogen-bond acceptors (Lipinski definition) is 6. The summed E-state index contributed by atoms with van der Waals surface area (Å²) in [5.41, 5.74) is 0.940. The smallest absolute Gasteiger partial charge is 0.246 e. The average molecular weight is 588 g/mol. The monoisotopic (exact) mass is 587 g/mol. The van der Waals surface area contributed by atoms with Crippen LogP contribution < -0.4 is 10.6 Å². The Hall–Kier alpha value is -4.30. The van der Waals surface area contributed by atoms with E-state index in [1.54, 1.807) is 18.2 Å². The first kappa shape index (κ1) is 28.8. The van der Waals surface area contributed by atoms with Crippen LogP contribution in [-0.4, -0.2) is 78.4 Å². The predicted molar refractivity (Wildman–Crippen MR) is 153 cm³/mol. The number of ether oxygens (including phenoxy) is 1. The van der Waals surface area contributed by atoms with E-state index in [0.717, 1.165) is 18.4 Å². The Bertz CT molecular complexity index is 1480. The van der Waals surface area contributed by atoms with E-state index in [4.69, 9.17) is 4.74 Å². The Morgan fingerprint density at radius 1 is 1.19 bits per heavy atom. The van der Waals surface area contributed by atoms with E-state index < -0.39 is 41.2 Å². The number of likely N-dealkylation sites (N-methyl/N-ethyl adjacent to an activating group) is 1. The number of nitrogens with zero attached hydrogens (tertiary/aromatic N) is 3. The zero-order valence-corrected chi connectivity index (χ0v) is 23.9. The quantitative estimate of drug-likeness (QED) is 0.462. The minimum atomic E-state index is -1.08. The van der Waals surface area contributed by atoms with E-state index in [9.17, 15) is 28.8 Å². The molecule has 224 valence electrons. The standard InChI is InChI=1S/C32H34FN5O5/c1-37(29(40)26(12-19-6-7-19)35-28(39)21-16-43-17-21)27(13-20-8-10-22(33)11-9-20)30(41)38-18-32(14-23(38)15-34)24-4-2-3-5-25(24)36-31(32)42/h2-5,8-11,19,21,23,26-27H,6-7,12-14,16-18H2,1H3,(H,35,39)(H,36,42)/t23-,26-,27-,32-/m0/s1. The van der Waals surface area contributed by atoms with E-state index in [1.165, 1.54) is 29.0 Å². The van der Waals surface area contributed by atoms with Gasteiger partial charge in [0.1, 0.15) is 23.9 Å². The van der Waals surface area contributed by atoms with Gasteiger partial charge in [-0.1, -0.05) is 43.2 Å². The third kappa shape index (κ3) is 5.47. The highest BCUT2D eigenvalue weighted by Gasteiger charge is 2.56. The van der Waals surface area contributed by atoms with Gasteiger partial charge < -0.3 is 25.2 Å². The third-order valence-corrected chi connectivity index (χ3v) is 9.25. The maximum atomic E-state index is 14.4. The molecule has 0 unspecified atom stereocenters. The van der Waals surface area contributed by atoms with Gasteiger partial charge in [0.05, 0.1) is 30.6 Å². The molecule has 2 aromatic carbocycles. The van der Waals surface area contributed by atoms with Crippen LogP contribution in [0.5, 0.6) is 0 Å². The van der Waals surface area contributed by atoms with Crippen molar-refractivity contribution in [2.75, 3.05) is 32.1 Å². The maximum absolute atomic E-state index is 14.4. The second-order valence-corrected chi connectivity index (χ2v) is 12.2. The van der Waals surface area contributed by atoms with Crippen LogP contribution in [0.25, 0.3) is 0 Å². The van der Waals surface area contributed by atoms with E-state index in [-0.39, 0.29) is 37.1 Å². The fourth-order valence-electron chi connectivity index (χ4n) is 6.40. The number of halogens is 1. The molecule has 11 heteroatoms. The van der Waals surface area contributed by atoms with E-state index in [2.05, 4.69) is 16.7 Å². The highest BCUT2D eigenvalue weighted by molar-refractivity contribution is 6.07. The van der Waals surface area contributed by atoms with Gasteiger partial charge in [0.15, 0.2) is 0 Å². The number of nitrogens with one attached hydrogen (secondary N) is 2. The lowest BCUT2D eigenvalue weighted by Crippen LogP contribution is -2.57. The lowest BCUT2D eigenvalue weighted by molar-refractivity contribution is -0.148. The van der Waals surface area contributed by atoms with Crippen LogP contribution in [0, 0.1) is 29.0 Å². The normalized spacial score (nSPS) is 24.0. The molecule has 4 amide bonds. The number of fused-ring (bicyclic) bond motifs is 2. The molecule has 2 saturated heterocycles. The van der Waals surface area contributed by atoms with Crippen molar-refractivity contribution in [2.24, 2.45) is 11.8 Å². The number of anilines is 1. The molecule has 0 bridgehead atoms. The number of benzene rings is 2. The lowest BCUT2D eigenvalue weighted by Gasteiger charge is -2.35. The molecule has 0 radical (unpaired) electrons. The minimum Gasteiger partial charge on any atom is -0.380 e. The minimum absolute atomic E-state index is 0.0151. The van der Waals surface area contributed by atoms with Crippen LogP contribution in [0.4, 0.5) is 10.1 Å². The number of nitriles is 1. The summed E-state index contributed by atoms with van der Waals surface area (Å²) in [6, 6.07) is 12.4. The molecule has 1 aliphatic carbocycles. The molecule has 3 aliphatic heterocycles. The highest BCUT2D eigenvalue weighted by atomic mass is 19.1. The Balaban J connectivity index is 1.29. The molecule has 43 heavy (non-hydrogen) atoms. The lowest BCUT2D eigenvalue weighted by atomic mass is 9.80. The first-order valence-electron chi connectivity index (χ1n) is 14.7. The molecule has 0 aromatic heterocycles. The first-order valence-corrected chi connectivity index (χ1v) is 14.7. The number of rotatable bonds is 9. The van der Waals surface area contributed by atoms with Crippen molar-refractivity contribution in [3.63, 3.8) is 0 Å².